The summed E-state index contributed by atoms with van der Waals surface area (Å²) in [4.78, 5) is 0. The van der Waals surface area contributed by atoms with Crippen molar-refractivity contribution in [2.45, 2.75) is 19.9 Å². The van der Waals surface area contributed by atoms with Crippen LogP contribution in [0.5, 0.6) is 0 Å². The molecular weight excluding hydrogens is 269 g/mol. The molecule has 0 saturated carbocycles. The molecule has 0 aliphatic rings. The van der Waals surface area contributed by atoms with Crippen molar-refractivity contribution >= 4 is 23.2 Å². The van der Waals surface area contributed by atoms with Gasteiger partial charge in [0.1, 0.15) is 11.8 Å². The molecule has 0 N–H and O–H groups in total. The van der Waals surface area contributed by atoms with E-state index in [-0.39, 0.29) is 0 Å². The molecule has 0 aliphatic carbocycles. The van der Waals surface area contributed by atoms with Crippen molar-refractivity contribution in [3.05, 3.63) is 40.0 Å². The number of aryl methyl sites for hydroxylation is 1. The molecule has 0 bridgehead atoms. The molecule has 0 fully saturated rings. The topological polar surface area (TPSA) is 41.6 Å². The minimum absolute atomic E-state index is 0.413. The van der Waals surface area contributed by atoms with E-state index in [1.54, 1.807) is 24.4 Å². The number of hydrogen-bond donors (Lipinski definition) is 0. The molecule has 0 atom stereocenters. The Morgan fingerprint density at radius 3 is 2.72 bits per heavy atom. The maximum absolute atomic E-state index is 8.83. The molecule has 92 valence electrons. The molecule has 2 aromatic rings. The minimum Gasteiger partial charge on any atom is -0.271 e. The average Bonchev–Trinajstić information content (AvgIpc) is 2.71. The zero-order valence-electron chi connectivity index (χ0n) is 9.82. The van der Waals surface area contributed by atoms with Crippen LogP contribution in [-0.2, 0) is 6.54 Å². The van der Waals surface area contributed by atoms with E-state index in [0.717, 1.165) is 18.5 Å². The van der Waals surface area contributed by atoms with Gasteiger partial charge >= 0.3 is 0 Å². The summed E-state index contributed by atoms with van der Waals surface area (Å²) in [5, 5.41) is 14.2. The summed E-state index contributed by atoms with van der Waals surface area (Å²) in [7, 11) is 0. The van der Waals surface area contributed by atoms with Crippen LogP contribution in [-0.4, -0.2) is 9.78 Å². The standard InChI is InChI=1S/C13H11Cl2N3/c1-2-5-18-8-12(15)13(17-18)9-3-4-10(7-16)11(14)6-9/h3-4,6,8H,2,5H2,1H3. The van der Waals surface area contributed by atoms with Gasteiger partial charge < -0.3 is 0 Å². The van der Waals surface area contributed by atoms with Crippen LogP contribution in [0.2, 0.25) is 10.0 Å². The molecule has 18 heavy (non-hydrogen) atoms. The summed E-state index contributed by atoms with van der Waals surface area (Å²) in [5.74, 6) is 0. The van der Waals surface area contributed by atoms with Crippen molar-refractivity contribution in [1.29, 1.82) is 5.26 Å². The Hall–Kier alpha value is -1.50. The molecule has 1 heterocycles. The maximum atomic E-state index is 8.83. The molecule has 1 aromatic carbocycles. The first-order chi connectivity index (χ1) is 8.65. The van der Waals surface area contributed by atoms with Gasteiger partial charge in [-0.05, 0) is 18.6 Å². The number of hydrogen-bond acceptors (Lipinski definition) is 2. The van der Waals surface area contributed by atoms with E-state index in [1.165, 1.54) is 0 Å². The first-order valence-corrected chi connectivity index (χ1v) is 6.34. The summed E-state index contributed by atoms with van der Waals surface area (Å²) in [6.45, 7) is 2.90. The second-order valence-corrected chi connectivity index (χ2v) is 4.71. The van der Waals surface area contributed by atoms with Crippen LogP contribution in [0.15, 0.2) is 24.4 Å². The van der Waals surface area contributed by atoms with Gasteiger partial charge in [-0.1, -0.05) is 36.2 Å². The fraction of sp³-hybridized carbons (Fsp3) is 0.231. The van der Waals surface area contributed by atoms with Crippen LogP contribution in [0.4, 0.5) is 0 Å². The lowest BCUT2D eigenvalue weighted by Crippen LogP contribution is -1.96. The highest BCUT2D eigenvalue weighted by Crippen LogP contribution is 2.29. The predicted molar refractivity (Wildman–Crippen MR) is 72.7 cm³/mol. The fourth-order valence-corrected chi connectivity index (χ4v) is 2.17. The van der Waals surface area contributed by atoms with Crippen molar-refractivity contribution in [1.82, 2.24) is 9.78 Å². The second-order valence-electron chi connectivity index (χ2n) is 3.90. The second kappa shape index (κ2) is 5.43. The third kappa shape index (κ3) is 2.50. The number of nitrogens with zero attached hydrogens (tertiary/aromatic N) is 3. The molecule has 0 amide bonds. The third-order valence-corrected chi connectivity index (χ3v) is 3.12. The molecule has 0 radical (unpaired) electrons. The van der Waals surface area contributed by atoms with Crippen molar-refractivity contribution in [2.75, 3.05) is 0 Å². The zero-order valence-corrected chi connectivity index (χ0v) is 11.3. The van der Waals surface area contributed by atoms with Crippen molar-refractivity contribution in [3.8, 4) is 17.3 Å². The Balaban J connectivity index is 2.43. The molecule has 0 unspecified atom stereocenters. The maximum Gasteiger partial charge on any atom is 0.111 e. The smallest absolute Gasteiger partial charge is 0.111 e. The van der Waals surface area contributed by atoms with E-state index < -0.39 is 0 Å². The Morgan fingerprint density at radius 1 is 1.33 bits per heavy atom. The quantitative estimate of drug-likeness (QED) is 0.847. The Morgan fingerprint density at radius 2 is 2.11 bits per heavy atom. The van der Waals surface area contributed by atoms with Crippen LogP contribution < -0.4 is 0 Å². The van der Waals surface area contributed by atoms with E-state index in [1.807, 2.05) is 10.8 Å². The summed E-state index contributed by atoms with van der Waals surface area (Å²) in [5.41, 5.74) is 1.96. The lowest BCUT2D eigenvalue weighted by molar-refractivity contribution is 0.604. The lowest BCUT2D eigenvalue weighted by atomic mass is 10.1. The van der Waals surface area contributed by atoms with Crippen LogP contribution in [0.3, 0.4) is 0 Å². The fourth-order valence-electron chi connectivity index (χ4n) is 1.69. The molecule has 5 heteroatoms. The minimum atomic E-state index is 0.413. The molecular formula is C13H11Cl2N3. The number of aromatic nitrogens is 2. The summed E-state index contributed by atoms with van der Waals surface area (Å²) < 4.78 is 1.81. The lowest BCUT2D eigenvalue weighted by Gasteiger charge is -2.00. The molecule has 0 spiro atoms. The van der Waals surface area contributed by atoms with Gasteiger partial charge in [-0.25, -0.2) is 0 Å². The van der Waals surface area contributed by atoms with Crippen molar-refractivity contribution in [3.63, 3.8) is 0 Å². The van der Waals surface area contributed by atoms with Gasteiger partial charge in [0.15, 0.2) is 0 Å². The first-order valence-electron chi connectivity index (χ1n) is 5.58. The van der Waals surface area contributed by atoms with Crippen molar-refractivity contribution in [2.24, 2.45) is 0 Å². The highest BCUT2D eigenvalue weighted by molar-refractivity contribution is 6.33. The molecule has 0 saturated heterocycles. The van der Waals surface area contributed by atoms with Gasteiger partial charge in [-0.3, -0.25) is 4.68 Å². The highest BCUT2D eigenvalue weighted by atomic mass is 35.5. The summed E-state index contributed by atoms with van der Waals surface area (Å²) >= 11 is 12.1. The van der Waals surface area contributed by atoms with Crippen LogP contribution in [0.1, 0.15) is 18.9 Å². The Bertz CT molecular complexity index is 611. The van der Waals surface area contributed by atoms with Gasteiger partial charge in [-0.15, -0.1) is 0 Å². The van der Waals surface area contributed by atoms with E-state index in [9.17, 15) is 0 Å². The molecule has 0 aliphatic heterocycles. The average molecular weight is 280 g/mol. The van der Waals surface area contributed by atoms with Gasteiger partial charge in [0.25, 0.3) is 0 Å². The van der Waals surface area contributed by atoms with Crippen molar-refractivity contribution < 1.29 is 0 Å². The van der Waals surface area contributed by atoms with E-state index in [2.05, 4.69) is 12.0 Å². The van der Waals surface area contributed by atoms with Gasteiger partial charge in [0, 0.05) is 18.3 Å². The SMILES string of the molecule is CCCn1cc(Cl)c(-c2ccc(C#N)c(Cl)c2)n1. The third-order valence-electron chi connectivity index (χ3n) is 2.53. The largest absolute Gasteiger partial charge is 0.271 e. The number of rotatable bonds is 3. The zero-order chi connectivity index (χ0) is 13.1. The summed E-state index contributed by atoms with van der Waals surface area (Å²) in [6.07, 6.45) is 2.79. The van der Waals surface area contributed by atoms with Gasteiger partial charge in [0.2, 0.25) is 0 Å². The van der Waals surface area contributed by atoms with Crippen LogP contribution >= 0.6 is 23.2 Å². The number of halogens is 2. The Labute approximate surface area is 116 Å². The van der Waals surface area contributed by atoms with E-state index >= 15 is 0 Å². The monoisotopic (exact) mass is 279 g/mol. The first kappa shape index (κ1) is 12.9. The normalized spacial score (nSPS) is 10.3. The van der Waals surface area contributed by atoms with E-state index in [0.29, 0.717) is 21.3 Å². The van der Waals surface area contributed by atoms with Crippen LogP contribution in [0.25, 0.3) is 11.3 Å². The van der Waals surface area contributed by atoms with Gasteiger partial charge in [0.05, 0.1) is 15.6 Å². The van der Waals surface area contributed by atoms with Crippen LogP contribution in [0, 0.1) is 11.3 Å². The molecule has 1 aromatic heterocycles. The summed E-state index contributed by atoms with van der Waals surface area (Å²) in [6, 6.07) is 7.21. The predicted octanol–water partition coefficient (Wildman–Crippen LogP) is 4.14. The Kier molecular flexibility index (Phi) is 3.90. The van der Waals surface area contributed by atoms with Gasteiger partial charge in [-0.2, -0.15) is 10.4 Å². The van der Waals surface area contributed by atoms with E-state index in [4.69, 9.17) is 28.5 Å². The molecule has 3 nitrogen and oxygen atoms in total. The highest BCUT2D eigenvalue weighted by Gasteiger charge is 2.11. The number of benzene rings is 1. The number of nitriles is 1. The molecule has 2 rings (SSSR count).